The van der Waals surface area contributed by atoms with E-state index in [2.05, 4.69) is 39.0 Å². The van der Waals surface area contributed by atoms with Crippen LogP contribution in [-0.4, -0.2) is 68.1 Å². The number of hydrogen-bond donors (Lipinski definition) is 0. The quantitative estimate of drug-likeness (QED) is 0.629. The van der Waals surface area contributed by atoms with Gasteiger partial charge in [0.15, 0.2) is 0 Å². The van der Waals surface area contributed by atoms with Crippen molar-refractivity contribution in [2.75, 3.05) is 57.3 Å². The minimum Gasteiger partial charge on any atom is -0.494 e. The van der Waals surface area contributed by atoms with Crippen LogP contribution >= 0.6 is 0 Å². The van der Waals surface area contributed by atoms with E-state index in [1.54, 1.807) is 0 Å². The van der Waals surface area contributed by atoms with Crippen molar-refractivity contribution in [2.45, 2.75) is 57.8 Å². The van der Waals surface area contributed by atoms with Gasteiger partial charge >= 0.3 is 0 Å². The minimum absolute atomic E-state index is 0.289. The fourth-order valence-electron chi connectivity index (χ4n) is 5.21. The SMILES string of the molecule is O=C(C1CCCCC1)N1CCN(c2ccc(OCCCN3CCCCC3)cc2)CC1. The maximum atomic E-state index is 12.8. The monoisotopic (exact) mass is 413 g/mol. The lowest BCUT2D eigenvalue weighted by molar-refractivity contribution is -0.136. The summed E-state index contributed by atoms with van der Waals surface area (Å²) in [6.45, 7) is 8.01. The first-order chi connectivity index (χ1) is 14.8. The number of carbonyl (C=O) groups excluding carboxylic acids is 1. The predicted molar refractivity (Wildman–Crippen MR) is 122 cm³/mol. The molecule has 166 valence electrons. The lowest BCUT2D eigenvalue weighted by Crippen LogP contribution is -2.50. The number of likely N-dealkylation sites (tertiary alicyclic amines) is 1. The second-order valence-electron chi connectivity index (χ2n) is 9.25. The Morgan fingerprint density at radius 2 is 1.50 bits per heavy atom. The van der Waals surface area contributed by atoms with Crippen molar-refractivity contribution >= 4 is 11.6 Å². The van der Waals surface area contributed by atoms with Crippen LogP contribution in [0.5, 0.6) is 5.75 Å². The summed E-state index contributed by atoms with van der Waals surface area (Å²) in [7, 11) is 0. The number of carbonyl (C=O) groups is 1. The topological polar surface area (TPSA) is 36.0 Å². The number of benzene rings is 1. The molecule has 1 saturated carbocycles. The maximum Gasteiger partial charge on any atom is 0.225 e. The van der Waals surface area contributed by atoms with E-state index in [0.717, 1.165) is 64.3 Å². The Morgan fingerprint density at radius 1 is 0.833 bits per heavy atom. The summed E-state index contributed by atoms with van der Waals surface area (Å²) in [4.78, 5) is 19.8. The van der Waals surface area contributed by atoms with Crippen LogP contribution in [-0.2, 0) is 4.79 Å². The van der Waals surface area contributed by atoms with Crippen molar-refractivity contribution in [3.63, 3.8) is 0 Å². The van der Waals surface area contributed by atoms with Crippen molar-refractivity contribution in [1.29, 1.82) is 0 Å². The molecule has 2 heterocycles. The third-order valence-corrected chi connectivity index (χ3v) is 7.08. The zero-order chi connectivity index (χ0) is 20.6. The van der Waals surface area contributed by atoms with Gasteiger partial charge < -0.3 is 19.4 Å². The Balaban J connectivity index is 1.17. The van der Waals surface area contributed by atoms with Crippen LogP contribution in [0.15, 0.2) is 24.3 Å². The van der Waals surface area contributed by atoms with Gasteiger partial charge in [-0.05, 0) is 69.5 Å². The molecule has 3 fully saturated rings. The smallest absolute Gasteiger partial charge is 0.225 e. The first kappa shape index (κ1) is 21.5. The molecule has 0 unspecified atom stereocenters. The maximum absolute atomic E-state index is 12.8. The standard InChI is InChI=1S/C25H39N3O2/c29-25(22-8-3-1-4-9-22)28-19-17-27(18-20-28)23-10-12-24(13-11-23)30-21-7-16-26-14-5-2-6-15-26/h10-13,22H,1-9,14-21H2. The molecule has 1 aromatic carbocycles. The highest BCUT2D eigenvalue weighted by Crippen LogP contribution is 2.27. The van der Waals surface area contributed by atoms with E-state index in [9.17, 15) is 4.79 Å². The largest absolute Gasteiger partial charge is 0.494 e. The lowest BCUT2D eigenvalue weighted by atomic mass is 9.88. The van der Waals surface area contributed by atoms with E-state index in [-0.39, 0.29) is 5.92 Å². The first-order valence-corrected chi connectivity index (χ1v) is 12.3. The molecule has 1 amide bonds. The Bertz CT molecular complexity index is 643. The van der Waals surface area contributed by atoms with Crippen molar-refractivity contribution in [1.82, 2.24) is 9.80 Å². The van der Waals surface area contributed by atoms with Crippen LogP contribution in [0.3, 0.4) is 0 Å². The molecule has 2 saturated heterocycles. The molecule has 0 bridgehead atoms. The molecule has 1 aliphatic carbocycles. The number of ether oxygens (including phenoxy) is 1. The third kappa shape index (κ3) is 5.90. The third-order valence-electron chi connectivity index (χ3n) is 7.08. The fourth-order valence-corrected chi connectivity index (χ4v) is 5.21. The summed E-state index contributed by atoms with van der Waals surface area (Å²) >= 11 is 0. The van der Waals surface area contributed by atoms with E-state index in [0.29, 0.717) is 5.91 Å². The number of piperidine rings is 1. The molecule has 0 N–H and O–H groups in total. The van der Waals surface area contributed by atoms with E-state index in [1.165, 1.54) is 57.3 Å². The first-order valence-electron chi connectivity index (χ1n) is 12.3. The Hall–Kier alpha value is -1.75. The van der Waals surface area contributed by atoms with Crippen LogP contribution < -0.4 is 9.64 Å². The van der Waals surface area contributed by atoms with Crippen molar-refractivity contribution in [3.05, 3.63) is 24.3 Å². The Labute approximate surface area is 182 Å². The average molecular weight is 414 g/mol. The Morgan fingerprint density at radius 3 is 2.20 bits per heavy atom. The molecule has 3 aliphatic rings. The number of piperazine rings is 1. The van der Waals surface area contributed by atoms with Gasteiger partial charge in [0.2, 0.25) is 5.91 Å². The molecule has 0 radical (unpaired) electrons. The highest BCUT2D eigenvalue weighted by molar-refractivity contribution is 5.79. The summed E-state index contributed by atoms with van der Waals surface area (Å²) in [6.07, 6.45) is 11.1. The summed E-state index contributed by atoms with van der Waals surface area (Å²) < 4.78 is 5.96. The molecule has 0 aromatic heterocycles. The van der Waals surface area contributed by atoms with Crippen molar-refractivity contribution < 1.29 is 9.53 Å². The van der Waals surface area contributed by atoms with Crippen molar-refractivity contribution in [2.24, 2.45) is 5.92 Å². The van der Waals surface area contributed by atoms with Gasteiger partial charge in [-0.25, -0.2) is 0 Å². The van der Waals surface area contributed by atoms with Gasteiger partial charge in [0.25, 0.3) is 0 Å². The number of amides is 1. The van der Waals surface area contributed by atoms with E-state index >= 15 is 0 Å². The highest BCUT2D eigenvalue weighted by atomic mass is 16.5. The van der Waals surface area contributed by atoms with E-state index < -0.39 is 0 Å². The second-order valence-corrected chi connectivity index (χ2v) is 9.25. The molecule has 0 atom stereocenters. The van der Waals surface area contributed by atoms with Gasteiger partial charge in [-0.3, -0.25) is 4.79 Å². The van der Waals surface area contributed by atoms with E-state index in [4.69, 9.17) is 4.74 Å². The van der Waals surface area contributed by atoms with Gasteiger partial charge in [0.1, 0.15) is 5.75 Å². The normalized spacial score (nSPS) is 21.6. The van der Waals surface area contributed by atoms with Crippen LogP contribution in [0, 0.1) is 5.92 Å². The molecule has 5 nitrogen and oxygen atoms in total. The summed E-state index contributed by atoms with van der Waals surface area (Å²) in [6, 6.07) is 8.52. The fraction of sp³-hybridized carbons (Fsp3) is 0.720. The van der Waals surface area contributed by atoms with Crippen LogP contribution in [0.4, 0.5) is 5.69 Å². The number of anilines is 1. The van der Waals surface area contributed by atoms with Gasteiger partial charge in [0, 0.05) is 44.3 Å². The zero-order valence-electron chi connectivity index (χ0n) is 18.6. The minimum atomic E-state index is 0.289. The van der Waals surface area contributed by atoms with Gasteiger partial charge in [-0.1, -0.05) is 25.7 Å². The Kier molecular flexibility index (Phi) is 7.90. The molecule has 5 heteroatoms. The highest BCUT2D eigenvalue weighted by Gasteiger charge is 2.28. The molecule has 30 heavy (non-hydrogen) atoms. The van der Waals surface area contributed by atoms with Crippen molar-refractivity contribution in [3.8, 4) is 5.75 Å². The van der Waals surface area contributed by atoms with Gasteiger partial charge in [-0.15, -0.1) is 0 Å². The average Bonchev–Trinajstić information content (AvgIpc) is 2.83. The van der Waals surface area contributed by atoms with Gasteiger partial charge in [-0.2, -0.15) is 0 Å². The zero-order valence-corrected chi connectivity index (χ0v) is 18.6. The number of nitrogens with zero attached hydrogens (tertiary/aromatic N) is 3. The summed E-state index contributed by atoms with van der Waals surface area (Å²) in [5.41, 5.74) is 1.24. The lowest BCUT2D eigenvalue weighted by Gasteiger charge is -2.38. The van der Waals surface area contributed by atoms with Crippen LogP contribution in [0.25, 0.3) is 0 Å². The molecule has 1 aromatic rings. The van der Waals surface area contributed by atoms with Crippen LogP contribution in [0.1, 0.15) is 57.8 Å². The molecule has 0 spiro atoms. The molecular weight excluding hydrogens is 374 g/mol. The molecular formula is C25H39N3O2. The predicted octanol–water partition coefficient (Wildman–Crippen LogP) is 4.17. The molecule has 4 rings (SSSR count). The van der Waals surface area contributed by atoms with E-state index in [1.807, 2.05) is 0 Å². The summed E-state index contributed by atoms with van der Waals surface area (Å²) in [5, 5.41) is 0. The number of rotatable bonds is 7. The number of hydrogen-bond acceptors (Lipinski definition) is 4. The van der Waals surface area contributed by atoms with Gasteiger partial charge in [0.05, 0.1) is 6.61 Å². The van der Waals surface area contributed by atoms with Crippen LogP contribution in [0.2, 0.25) is 0 Å². The molecule has 2 aliphatic heterocycles. The second kappa shape index (κ2) is 11.0. The summed E-state index contributed by atoms with van der Waals surface area (Å²) in [5.74, 6) is 1.66.